The SMILES string of the molecule is Cc1ccc(Nc2nc(C)cc(Nc3ccc(NC(=O)Cc4ccc(F)cc4)cc3)n2)cc1. The number of hydrogen-bond acceptors (Lipinski definition) is 5. The van der Waals surface area contributed by atoms with Gasteiger partial charge in [0.15, 0.2) is 0 Å². The number of carbonyl (C=O) groups is 1. The molecule has 33 heavy (non-hydrogen) atoms. The van der Waals surface area contributed by atoms with Crippen LogP contribution < -0.4 is 16.0 Å². The Morgan fingerprint density at radius 1 is 0.788 bits per heavy atom. The van der Waals surface area contributed by atoms with Crippen LogP contribution in [0, 0.1) is 19.7 Å². The molecule has 1 amide bonds. The Morgan fingerprint density at radius 3 is 2.09 bits per heavy atom. The first-order chi connectivity index (χ1) is 15.9. The van der Waals surface area contributed by atoms with Gasteiger partial charge in [0.25, 0.3) is 0 Å². The van der Waals surface area contributed by atoms with E-state index in [1.807, 2.05) is 68.4 Å². The third-order valence-corrected chi connectivity index (χ3v) is 4.88. The predicted octanol–water partition coefficient (Wildman–Crippen LogP) is 5.90. The lowest BCUT2D eigenvalue weighted by Gasteiger charge is -2.11. The zero-order valence-corrected chi connectivity index (χ0v) is 18.4. The minimum absolute atomic E-state index is 0.166. The van der Waals surface area contributed by atoms with Gasteiger partial charge >= 0.3 is 0 Å². The number of aryl methyl sites for hydroxylation is 2. The number of nitrogens with zero attached hydrogens (tertiary/aromatic N) is 2. The van der Waals surface area contributed by atoms with E-state index in [-0.39, 0.29) is 18.1 Å². The number of amides is 1. The van der Waals surface area contributed by atoms with Gasteiger partial charge in [0.1, 0.15) is 11.6 Å². The molecule has 0 saturated carbocycles. The summed E-state index contributed by atoms with van der Waals surface area (Å²) < 4.78 is 13.0. The van der Waals surface area contributed by atoms with Crippen LogP contribution in [0.2, 0.25) is 0 Å². The first kappa shape index (κ1) is 22.0. The molecule has 166 valence electrons. The third kappa shape index (κ3) is 6.36. The monoisotopic (exact) mass is 441 g/mol. The van der Waals surface area contributed by atoms with E-state index < -0.39 is 0 Å². The van der Waals surface area contributed by atoms with Crippen molar-refractivity contribution in [3.63, 3.8) is 0 Å². The number of anilines is 5. The summed E-state index contributed by atoms with van der Waals surface area (Å²) in [6.07, 6.45) is 0.178. The average Bonchev–Trinajstić information content (AvgIpc) is 2.78. The second-order valence-corrected chi connectivity index (χ2v) is 7.76. The molecule has 3 aromatic carbocycles. The molecule has 0 saturated heterocycles. The Bertz CT molecular complexity index is 1240. The van der Waals surface area contributed by atoms with E-state index in [0.29, 0.717) is 17.5 Å². The summed E-state index contributed by atoms with van der Waals surface area (Å²) in [5, 5.41) is 9.34. The van der Waals surface area contributed by atoms with Gasteiger partial charge in [-0.05, 0) is 67.9 Å². The van der Waals surface area contributed by atoms with Gasteiger partial charge in [0.2, 0.25) is 11.9 Å². The molecule has 0 fully saturated rings. The van der Waals surface area contributed by atoms with E-state index in [9.17, 15) is 9.18 Å². The van der Waals surface area contributed by atoms with Crippen molar-refractivity contribution in [2.24, 2.45) is 0 Å². The van der Waals surface area contributed by atoms with Crippen LogP contribution >= 0.6 is 0 Å². The number of aromatic nitrogens is 2. The fraction of sp³-hybridized carbons (Fsp3) is 0.115. The summed E-state index contributed by atoms with van der Waals surface area (Å²) in [5.41, 5.74) is 5.17. The Kier molecular flexibility index (Phi) is 6.59. The van der Waals surface area contributed by atoms with E-state index >= 15 is 0 Å². The fourth-order valence-corrected chi connectivity index (χ4v) is 3.23. The Morgan fingerprint density at radius 2 is 1.39 bits per heavy atom. The highest BCUT2D eigenvalue weighted by molar-refractivity contribution is 5.92. The molecule has 6 nitrogen and oxygen atoms in total. The van der Waals surface area contributed by atoms with Gasteiger partial charge in [-0.25, -0.2) is 9.37 Å². The summed E-state index contributed by atoms with van der Waals surface area (Å²) >= 11 is 0. The standard InChI is InChI=1S/C26H24FN5O/c1-17-3-9-23(10-4-17)31-26-28-18(2)15-24(32-26)29-21-11-13-22(14-12-21)30-25(33)16-19-5-7-20(27)8-6-19/h3-15H,16H2,1-2H3,(H,30,33)(H2,28,29,31,32). The van der Waals surface area contributed by atoms with Crippen LogP contribution in [0.15, 0.2) is 78.9 Å². The van der Waals surface area contributed by atoms with Crippen LogP contribution in [-0.4, -0.2) is 15.9 Å². The van der Waals surface area contributed by atoms with Crippen LogP contribution in [0.3, 0.4) is 0 Å². The molecule has 0 spiro atoms. The third-order valence-electron chi connectivity index (χ3n) is 4.88. The van der Waals surface area contributed by atoms with Crippen LogP contribution in [0.5, 0.6) is 0 Å². The lowest BCUT2D eigenvalue weighted by Crippen LogP contribution is -2.14. The molecule has 1 aromatic heterocycles. The van der Waals surface area contributed by atoms with E-state index in [1.54, 1.807) is 12.1 Å². The number of nitrogens with one attached hydrogen (secondary N) is 3. The van der Waals surface area contributed by atoms with Gasteiger partial charge in [0, 0.05) is 28.8 Å². The zero-order chi connectivity index (χ0) is 23.2. The molecule has 1 heterocycles. The number of halogens is 1. The van der Waals surface area contributed by atoms with Gasteiger partial charge < -0.3 is 16.0 Å². The quantitative estimate of drug-likeness (QED) is 0.333. The van der Waals surface area contributed by atoms with E-state index in [1.165, 1.54) is 17.7 Å². The molecular weight excluding hydrogens is 417 g/mol. The highest BCUT2D eigenvalue weighted by Gasteiger charge is 2.06. The van der Waals surface area contributed by atoms with Crippen molar-refractivity contribution in [1.29, 1.82) is 0 Å². The Hall–Kier alpha value is -4.26. The summed E-state index contributed by atoms with van der Waals surface area (Å²) in [6, 6.07) is 23.1. The highest BCUT2D eigenvalue weighted by atomic mass is 19.1. The van der Waals surface area contributed by atoms with Crippen molar-refractivity contribution in [2.75, 3.05) is 16.0 Å². The molecule has 4 rings (SSSR count). The van der Waals surface area contributed by atoms with Gasteiger partial charge in [-0.3, -0.25) is 4.79 Å². The maximum atomic E-state index is 13.0. The molecule has 0 unspecified atom stereocenters. The van der Waals surface area contributed by atoms with Gasteiger partial charge in [0.05, 0.1) is 6.42 Å². The number of rotatable bonds is 7. The molecule has 0 aliphatic rings. The van der Waals surface area contributed by atoms with Crippen molar-refractivity contribution in [2.45, 2.75) is 20.3 Å². The molecule has 3 N–H and O–H groups in total. The van der Waals surface area contributed by atoms with Gasteiger partial charge in [-0.1, -0.05) is 29.8 Å². The lowest BCUT2D eigenvalue weighted by atomic mass is 10.1. The fourth-order valence-electron chi connectivity index (χ4n) is 3.23. The normalized spacial score (nSPS) is 10.5. The summed E-state index contributed by atoms with van der Waals surface area (Å²) in [5.74, 6) is 0.677. The maximum Gasteiger partial charge on any atom is 0.229 e. The molecular formula is C26H24FN5O. The molecule has 0 aliphatic heterocycles. The lowest BCUT2D eigenvalue weighted by molar-refractivity contribution is -0.115. The summed E-state index contributed by atoms with van der Waals surface area (Å²) in [7, 11) is 0. The first-order valence-electron chi connectivity index (χ1n) is 10.5. The van der Waals surface area contributed by atoms with Crippen LogP contribution in [0.25, 0.3) is 0 Å². The predicted molar refractivity (Wildman–Crippen MR) is 130 cm³/mol. The topological polar surface area (TPSA) is 78.9 Å². The average molecular weight is 442 g/mol. The summed E-state index contributed by atoms with van der Waals surface area (Å²) in [4.78, 5) is 21.2. The summed E-state index contributed by atoms with van der Waals surface area (Å²) in [6.45, 7) is 3.95. The minimum atomic E-state index is -0.320. The van der Waals surface area contributed by atoms with Crippen molar-refractivity contribution in [3.8, 4) is 0 Å². The van der Waals surface area contributed by atoms with Crippen LogP contribution in [-0.2, 0) is 11.2 Å². The van der Waals surface area contributed by atoms with Crippen molar-refractivity contribution in [3.05, 3.63) is 102 Å². The van der Waals surface area contributed by atoms with Gasteiger partial charge in [-0.15, -0.1) is 0 Å². The minimum Gasteiger partial charge on any atom is -0.340 e. The smallest absolute Gasteiger partial charge is 0.229 e. The Labute approximate surface area is 191 Å². The molecule has 4 aromatic rings. The molecule has 0 aliphatic carbocycles. The van der Waals surface area contributed by atoms with Crippen molar-refractivity contribution >= 4 is 34.7 Å². The second kappa shape index (κ2) is 9.91. The number of carbonyl (C=O) groups excluding carboxylic acids is 1. The maximum absolute atomic E-state index is 13.0. The molecule has 7 heteroatoms. The van der Waals surface area contributed by atoms with Gasteiger partial charge in [-0.2, -0.15) is 4.98 Å². The zero-order valence-electron chi connectivity index (χ0n) is 18.4. The highest BCUT2D eigenvalue weighted by Crippen LogP contribution is 2.21. The first-order valence-corrected chi connectivity index (χ1v) is 10.5. The number of hydrogen-bond donors (Lipinski definition) is 3. The molecule has 0 bridgehead atoms. The van der Waals surface area contributed by atoms with Crippen LogP contribution in [0.4, 0.5) is 33.2 Å². The Balaban J connectivity index is 1.38. The molecule has 0 radical (unpaired) electrons. The number of benzene rings is 3. The largest absolute Gasteiger partial charge is 0.340 e. The van der Waals surface area contributed by atoms with E-state index in [4.69, 9.17) is 0 Å². The van der Waals surface area contributed by atoms with Crippen LogP contribution in [0.1, 0.15) is 16.8 Å². The van der Waals surface area contributed by atoms with Crippen molar-refractivity contribution in [1.82, 2.24) is 9.97 Å². The van der Waals surface area contributed by atoms with E-state index in [0.717, 1.165) is 22.6 Å². The van der Waals surface area contributed by atoms with E-state index in [2.05, 4.69) is 25.9 Å². The van der Waals surface area contributed by atoms with Crippen molar-refractivity contribution < 1.29 is 9.18 Å². The second-order valence-electron chi connectivity index (χ2n) is 7.76. The molecule has 0 atom stereocenters.